The van der Waals surface area contributed by atoms with E-state index in [1.54, 1.807) is 31.4 Å². The summed E-state index contributed by atoms with van der Waals surface area (Å²) >= 11 is 0. The van der Waals surface area contributed by atoms with Crippen molar-refractivity contribution in [2.45, 2.75) is 32.1 Å². The second-order valence-electron chi connectivity index (χ2n) is 9.48. The molecule has 1 atom stereocenters. The predicted molar refractivity (Wildman–Crippen MR) is 132 cm³/mol. The summed E-state index contributed by atoms with van der Waals surface area (Å²) < 4.78 is 5.19. The van der Waals surface area contributed by atoms with Gasteiger partial charge in [-0.15, -0.1) is 0 Å². The maximum Gasteiger partial charge on any atom is 0.327 e. The summed E-state index contributed by atoms with van der Waals surface area (Å²) in [5, 5.41) is 4.02. The first kappa shape index (κ1) is 25.2. The molecule has 0 bridgehead atoms. The summed E-state index contributed by atoms with van der Waals surface area (Å²) in [6.07, 6.45) is 0.132. The summed E-state index contributed by atoms with van der Waals surface area (Å²) in [5.41, 5.74) is 1.44. The Morgan fingerprint density at radius 3 is 2.15 bits per heavy atom. The number of nitrogens with zero attached hydrogens (tertiary/aromatic N) is 2. The van der Waals surface area contributed by atoms with E-state index in [1.165, 1.54) is 17.1 Å². The molecule has 1 saturated heterocycles. The minimum Gasteiger partial charge on any atom is -0.497 e. The average Bonchev–Trinajstić information content (AvgIpc) is 3.03. The number of benzene rings is 2. The Morgan fingerprint density at radius 1 is 1.03 bits per heavy atom. The Morgan fingerprint density at radius 2 is 1.65 bits per heavy atom. The molecule has 4 amide bonds. The van der Waals surface area contributed by atoms with Crippen LogP contribution in [0.4, 0.5) is 4.79 Å². The van der Waals surface area contributed by atoms with Gasteiger partial charge in [-0.25, -0.2) is 4.79 Å². The summed E-state index contributed by atoms with van der Waals surface area (Å²) in [5.74, 6) is -0.604. The van der Waals surface area contributed by atoms with Gasteiger partial charge in [-0.1, -0.05) is 61.2 Å². The molecule has 0 aliphatic carbocycles. The van der Waals surface area contributed by atoms with Crippen molar-refractivity contribution in [3.63, 3.8) is 0 Å². The third-order valence-electron chi connectivity index (χ3n) is 5.81. The molecule has 2 aromatic rings. The number of methoxy groups -OCH3 is 1. The molecule has 0 aromatic heterocycles. The third kappa shape index (κ3) is 5.90. The van der Waals surface area contributed by atoms with Crippen LogP contribution in [-0.4, -0.2) is 68.7 Å². The minimum absolute atomic E-state index is 0.0691. The van der Waals surface area contributed by atoms with Crippen molar-refractivity contribution < 1.29 is 23.9 Å². The van der Waals surface area contributed by atoms with E-state index in [0.717, 1.165) is 10.5 Å². The van der Waals surface area contributed by atoms with Crippen molar-refractivity contribution in [1.82, 2.24) is 15.1 Å². The van der Waals surface area contributed by atoms with Crippen molar-refractivity contribution in [2.24, 2.45) is 0 Å². The van der Waals surface area contributed by atoms with Gasteiger partial charge in [0.25, 0.3) is 5.91 Å². The summed E-state index contributed by atoms with van der Waals surface area (Å²) in [6.45, 7) is 6.27. The standard InChI is InChI=1S/C25H31N3O5Si/c1-27-16-23(31)28(25(27)32)15-22(30)26-24(18-8-10-19(33-2)11-9-18)21(29)14-17-6-12-20(13-7-17)34(3,4)5/h6-13,24H,14-16H2,1-5H3,(H,26,30). The van der Waals surface area contributed by atoms with Gasteiger partial charge in [-0.05, 0) is 23.3 Å². The molecule has 1 aliphatic rings. The Balaban J connectivity index is 1.78. The van der Waals surface area contributed by atoms with Crippen LogP contribution in [0.1, 0.15) is 17.2 Å². The van der Waals surface area contributed by atoms with Crippen LogP contribution in [0.3, 0.4) is 0 Å². The fourth-order valence-corrected chi connectivity index (χ4v) is 4.91. The Labute approximate surface area is 200 Å². The van der Waals surface area contributed by atoms with Crippen LogP contribution in [0.2, 0.25) is 19.6 Å². The monoisotopic (exact) mass is 481 g/mol. The molecule has 3 rings (SSSR count). The van der Waals surface area contributed by atoms with Crippen LogP contribution in [0, 0.1) is 0 Å². The highest BCUT2D eigenvalue weighted by Gasteiger charge is 2.35. The van der Waals surface area contributed by atoms with E-state index in [4.69, 9.17) is 4.74 Å². The number of urea groups is 1. The lowest BCUT2D eigenvalue weighted by molar-refractivity contribution is -0.132. The Bertz CT molecular complexity index is 1080. The van der Waals surface area contributed by atoms with Crippen LogP contribution in [-0.2, 0) is 20.8 Å². The maximum absolute atomic E-state index is 13.3. The number of rotatable bonds is 9. The SMILES string of the molecule is COc1ccc(C(NC(=O)CN2C(=O)CN(C)C2=O)C(=O)Cc2ccc([Si](C)(C)C)cc2)cc1. The normalized spacial score (nSPS) is 14.9. The number of nitrogens with one attached hydrogen (secondary N) is 1. The summed E-state index contributed by atoms with van der Waals surface area (Å²) in [4.78, 5) is 52.4. The van der Waals surface area contributed by atoms with E-state index < -0.39 is 38.5 Å². The number of carbonyl (C=O) groups is 4. The molecule has 1 heterocycles. The first-order chi connectivity index (χ1) is 16.0. The molecular formula is C25H31N3O5Si. The van der Waals surface area contributed by atoms with Gasteiger partial charge in [0.15, 0.2) is 5.78 Å². The molecule has 180 valence electrons. The fourth-order valence-electron chi connectivity index (χ4n) is 3.75. The first-order valence-corrected chi connectivity index (χ1v) is 14.6. The van der Waals surface area contributed by atoms with Crippen molar-refractivity contribution >= 4 is 36.9 Å². The van der Waals surface area contributed by atoms with Crippen molar-refractivity contribution in [3.05, 3.63) is 59.7 Å². The lowest BCUT2D eigenvalue weighted by atomic mass is 9.97. The van der Waals surface area contributed by atoms with Gasteiger partial charge in [0.05, 0.1) is 15.2 Å². The third-order valence-corrected chi connectivity index (χ3v) is 7.87. The number of likely N-dealkylation sites (N-methyl/N-ethyl adjacent to an activating group) is 1. The summed E-state index contributed by atoms with van der Waals surface area (Å²) in [7, 11) is 1.59. The summed E-state index contributed by atoms with van der Waals surface area (Å²) in [6, 6.07) is 13.4. The average molecular weight is 482 g/mol. The fraction of sp³-hybridized carbons (Fsp3) is 0.360. The first-order valence-electron chi connectivity index (χ1n) is 11.1. The van der Waals surface area contributed by atoms with Crippen LogP contribution in [0.5, 0.6) is 5.75 Å². The van der Waals surface area contributed by atoms with Gasteiger partial charge in [0.1, 0.15) is 24.9 Å². The van der Waals surface area contributed by atoms with Crippen LogP contribution in [0.15, 0.2) is 48.5 Å². The molecule has 1 fully saturated rings. The molecule has 2 aromatic carbocycles. The molecule has 0 saturated carbocycles. The molecule has 1 unspecified atom stereocenters. The van der Waals surface area contributed by atoms with Crippen molar-refractivity contribution in [2.75, 3.05) is 27.2 Å². The van der Waals surface area contributed by atoms with Gasteiger partial charge in [0, 0.05) is 13.5 Å². The number of ketones is 1. The van der Waals surface area contributed by atoms with Gasteiger partial charge in [-0.2, -0.15) is 0 Å². The van der Waals surface area contributed by atoms with E-state index in [1.807, 2.05) is 12.1 Å². The number of hydrogen-bond acceptors (Lipinski definition) is 5. The Hall–Kier alpha value is -3.46. The van der Waals surface area contributed by atoms with Gasteiger partial charge >= 0.3 is 6.03 Å². The minimum atomic E-state index is -1.45. The molecule has 0 spiro atoms. The zero-order chi connectivity index (χ0) is 25.0. The molecule has 0 radical (unpaired) electrons. The number of amides is 4. The topological polar surface area (TPSA) is 96.0 Å². The van der Waals surface area contributed by atoms with Crippen molar-refractivity contribution in [3.8, 4) is 5.75 Å². The zero-order valence-electron chi connectivity index (χ0n) is 20.3. The zero-order valence-corrected chi connectivity index (χ0v) is 21.3. The van der Waals surface area contributed by atoms with Crippen molar-refractivity contribution in [1.29, 1.82) is 0 Å². The second kappa shape index (κ2) is 10.2. The van der Waals surface area contributed by atoms with E-state index in [9.17, 15) is 19.2 Å². The number of carbonyl (C=O) groups excluding carboxylic acids is 4. The molecular weight excluding hydrogens is 450 g/mol. The largest absolute Gasteiger partial charge is 0.497 e. The van der Waals surface area contributed by atoms with Gasteiger partial charge in [-0.3, -0.25) is 19.3 Å². The lowest BCUT2D eigenvalue weighted by Gasteiger charge is -2.21. The number of Topliss-reactive ketones (excluding diaryl/α,β-unsaturated/α-hetero) is 1. The molecule has 34 heavy (non-hydrogen) atoms. The van der Waals surface area contributed by atoms with E-state index in [0.29, 0.717) is 11.3 Å². The number of ether oxygens (including phenoxy) is 1. The van der Waals surface area contributed by atoms with E-state index in [-0.39, 0.29) is 18.7 Å². The Kier molecular flexibility index (Phi) is 7.56. The number of imide groups is 1. The molecule has 8 nitrogen and oxygen atoms in total. The van der Waals surface area contributed by atoms with Gasteiger partial charge < -0.3 is 15.0 Å². The highest BCUT2D eigenvalue weighted by molar-refractivity contribution is 6.88. The lowest BCUT2D eigenvalue weighted by Crippen LogP contribution is -2.44. The van der Waals surface area contributed by atoms with Gasteiger partial charge in [0.2, 0.25) is 5.91 Å². The van der Waals surface area contributed by atoms with Crippen LogP contribution < -0.4 is 15.2 Å². The predicted octanol–water partition coefficient (Wildman–Crippen LogP) is 2.10. The quantitative estimate of drug-likeness (QED) is 0.437. The molecule has 1 aliphatic heterocycles. The van der Waals surface area contributed by atoms with E-state index in [2.05, 4.69) is 37.1 Å². The maximum atomic E-state index is 13.3. The van der Waals surface area contributed by atoms with Crippen LogP contribution >= 0.6 is 0 Å². The highest BCUT2D eigenvalue weighted by Crippen LogP contribution is 2.21. The second-order valence-corrected chi connectivity index (χ2v) is 14.6. The van der Waals surface area contributed by atoms with Crippen LogP contribution in [0.25, 0.3) is 0 Å². The van der Waals surface area contributed by atoms with E-state index >= 15 is 0 Å². The molecule has 9 heteroatoms. The molecule has 1 N–H and O–H groups in total. The number of hydrogen-bond donors (Lipinski definition) is 1. The highest BCUT2D eigenvalue weighted by atomic mass is 28.3. The smallest absolute Gasteiger partial charge is 0.327 e.